The summed E-state index contributed by atoms with van der Waals surface area (Å²) in [5.41, 5.74) is 1.23. The molecule has 1 aromatic heterocycles. The highest BCUT2D eigenvalue weighted by Crippen LogP contribution is 2.24. The van der Waals surface area contributed by atoms with Crippen LogP contribution in [-0.2, 0) is 6.54 Å². The molecule has 0 saturated carbocycles. The smallest absolute Gasteiger partial charge is 0.0960 e. The number of nitrogens with zero attached hydrogens (tertiary/aromatic N) is 2. The van der Waals surface area contributed by atoms with Crippen molar-refractivity contribution < 1.29 is 0 Å². The first-order valence-electron chi connectivity index (χ1n) is 8.64. The van der Waals surface area contributed by atoms with E-state index < -0.39 is 0 Å². The molecule has 2 heterocycles. The number of aromatic nitrogens is 1. The normalized spacial score (nSPS) is 16.2. The van der Waals surface area contributed by atoms with Crippen LogP contribution in [0.5, 0.6) is 0 Å². The molecule has 25 heavy (non-hydrogen) atoms. The van der Waals surface area contributed by atoms with Gasteiger partial charge in [0.15, 0.2) is 0 Å². The second-order valence-electron chi connectivity index (χ2n) is 6.27. The number of pyridine rings is 1. The van der Waals surface area contributed by atoms with Gasteiger partial charge in [-0.3, -0.25) is 4.90 Å². The number of thioether (sulfide) groups is 1. The van der Waals surface area contributed by atoms with Crippen molar-refractivity contribution in [2.24, 2.45) is 0 Å². The van der Waals surface area contributed by atoms with Crippen molar-refractivity contribution in [1.29, 1.82) is 0 Å². The molecule has 3 nitrogen and oxygen atoms in total. The lowest BCUT2D eigenvalue weighted by Crippen LogP contribution is -2.42. The van der Waals surface area contributed by atoms with Crippen molar-refractivity contribution >= 4 is 35.0 Å². The van der Waals surface area contributed by atoms with Crippen molar-refractivity contribution in [3.63, 3.8) is 0 Å². The van der Waals surface area contributed by atoms with Gasteiger partial charge in [-0.25, -0.2) is 4.98 Å². The fourth-order valence-electron chi connectivity index (χ4n) is 3.04. The zero-order chi connectivity index (χ0) is 17.5. The van der Waals surface area contributed by atoms with Crippen molar-refractivity contribution in [1.82, 2.24) is 15.2 Å². The number of benzene rings is 1. The summed E-state index contributed by atoms with van der Waals surface area (Å²) in [5.74, 6) is 1.06. The van der Waals surface area contributed by atoms with Gasteiger partial charge in [-0.05, 0) is 55.8 Å². The zero-order valence-electron chi connectivity index (χ0n) is 14.1. The maximum absolute atomic E-state index is 6.10. The van der Waals surface area contributed by atoms with Gasteiger partial charge < -0.3 is 5.32 Å². The molecule has 6 heteroatoms. The highest BCUT2D eigenvalue weighted by atomic mass is 35.5. The summed E-state index contributed by atoms with van der Waals surface area (Å²) < 4.78 is 0. The molecule has 0 atom stereocenters. The third-order valence-electron chi connectivity index (χ3n) is 4.40. The minimum Gasteiger partial charge on any atom is -0.313 e. The van der Waals surface area contributed by atoms with Crippen molar-refractivity contribution in [3.8, 4) is 0 Å². The van der Waals surface area contributed by atoms with Gasteiger partial charge in [-0.2, -0.15) is 0 Å². The van der Waals surface area contributed by atoms with Gasteiger partial charge >= 0.3 is 0 Å². The fourth-order valence-corrected chi connectivity index (χ4v) is 4.10. The van der Waals surface area contributed by atoms with E-state index in [0.29, 0.717) is 16.1 Å². The molecule has 0 unspecified atom stereocenters. The number of halogens is 2. The van der Waals surface area contributed by atoms with Crippen LogP contribution in [-0.4, -0.2) is 41.3 Å². The monoisotopic (exact) mass is 395 g/mol. The van der Waals surface area contributed by atoms with Crippen molar-refractivity contribution in [2.45, 2.75) is 30.5 Å². The zero-order valence-corrected chi connectivity index (χ0v) is 16.5. The van der Waals surface area contributed by atoms with Gasteiger partial charge in [-0.1, -0.05) is 35.3 Å². The molecule has 3 rings (SSSR count). The van der Waals surface area contributed by atoms with E-state index in [1.807, 2.05) is 30.5 Å². The van der Waals surface area contributed by atoms with Crippen LogP contribution in [0.2, 0.25) is 10.0 Å². The Morgan fingerprint density at radius 1 is 1.12 bits per heavy atom. The Morgan fingerprint density at radius 3 is 2.68 bits per heavy atom. The van der Waals surface area contributed by atoms with Crippen LogP contribution in [0.3, 0.4) is 0 Å². The van der Waals surface area contributed by atoms with Crippen LogP contribution < -0.4 is 5.32 Å². The van der Waals surface area contributed by atoms with Crippen LogP contribution in [0.15, 0.2) is 47.6 Å². The average Bonchev–Trinajstić information content (AvgIpc) is 2.64. The van der Waals surface area contributed by atoms with Gasteiger partial charge in [0, 0.05) is 31.1 Å². The predicted octanol–water partition coefficient (Wildman–Crippen LogP) is 4.73. The molecule has 0 aliphatic carbocycles. The molecule has 0 radical (unpaired) electrons. The molecular weight excluding hydrogens is 373 g/mol. The number of piperidine rings is 1. The van der Waals surface area contributed by atoms with Crippen LogP contribution in [0, 0.1) is 0 Å². The molecule has 0 bridgehead atoms. The SMILES string of the molecule is Clc1ccc(CN2CCC(NCCSc3ccccn3)CC2)cc1Cl. The van der Waals surface area contributed by atoms with Gasteiger partial charge in [0.2, 0.25) is 0 Å². The highest BCUT2D eigenvalue weighted by Gasteiger charge is 2.18. The summed E-state index contributed by atoms with van der Waals surface area (Å²) in [7, 11) is 0. The third-order valence-corrected chi connectivity index (χ3v) is 6.09. The second kappa shape index (κ2) is 9.79. The highest BCUT2D eigenvalue weighted by molar-refractivity contribution is 7.99. The number of likely N-dealkylation sites (tertiary alicyclic amines) is 1. The van der Waals surface area contributed by atoms with Gasteiger partial charge in [0.05, 0.1) is 15.1 Å². The molecule has 0 amide bonds. The maximum Gasteiger partial charge on any atom is 0.0960 e. The molecule has 0 spiro atoms. The lowest BCUT2D eigenvalue weighted by atomic mass is 10.0. The van der Waals surface area contributed by atoms with E-state index in [4.69, 9.17) is 23.2 Å². The van der Waals surface area contributed by atoms with E-state index in [1.165, 1.54) is 18.4 Å². The van der Waals surface area contributed by atoms with Crippen LogP contribution in [0.25, 0.3) is 0 Å². The van der Waals surface area contributed by atoms with Gasteiger partial charge in [0.1, 0.15) is 0 Å². The van der Waals surface area contributed by atoms with Crippen LogP contribution >= 0.6 is 35.0 Å². The van der Waals surface area contributed by atoms with Crippen LogP contribution in [0.4, 0.5) is 0 Å². The van der Waals surface area contributed by atoms with Crippen molar-refractivity contribution in [3.05, 3.63) is 58.2 Å². The second-order valence-corrected chi connectivity index (χ2v) is 8.20. The summed E-state index contributed by atoms with van der Waals surface area (Å²) in [6, 6.07) is 12.6. The first-order chi connectivity index (χ1) is 12.2. The first kappa shape index (κ1) is 19.0. The van der Waals surface area contributed by atoms with E-state index in [1.54, 1.807) is 11.8 Å². The van der Waals surface area contributed by atoms with E-state index in [2.05, 4.69) is 27.3 Å². The van der Waals surface area contributed by atoms with E-state index in [0.717, 1.165) is 37.0 Å². The van der Waals surface area contributed by atoms with Gasteiger partial charge in [-0.15, -0.1) is 11.8 Å². The standard InChI is InChI=1S/C19H23Cl2N3S/c20-17-5-4-15(13-18(17)21)14-24-10-6-16(7-11-24)22-9-12-25-19-3-1-2-8-23-19/h1-5,8,13,16,22H,6-7,9-12,14H2. The Labute approximate surface area is 164 Å². The summed E-state index contributed by atoms with van der Waals surface area (Å²) in [5, 5.41) is 6.04. The van der Waals surface area contributed by atoms with Crippen LogP contribution in [0.1, 0.15) is 18.4 Å². The Bertz CT molecular complexity index is 661. The lowest BCUT2D eigenvalue weighted by molar-refractivity contribution is 0.192. The minimum atomic E-state index is 0.620. The van der Waals surface area contributed by atoms with E-state index >= 15 is 0 Å². The van der Waals surface area contributed by atoms with E-state index in [-0.39, 0.29) is 0 Å². The summed E-state index contributed by atoms with van der Waals surface area (Å²) in [6.45, 7) is 4.20. The summed E-state index contributed by atoms with van der Waals surface area (Å²) in [6.07, 6.45) is 4.23. The van der Waals surface area contributed by atoms with Crippen molar-refractivity contribution in [2.75, 3.05) is 25.4 Å². The molecule has 1 N–H and O–H groups in total. The Balaban J connectivity index is 1.33. The Morgan fingerprint density at radius 2 is 1.96 bits per heavy atom. The first-order valence-corrected chi connectivity index (χ1v) is 10.4. The number of hydrogen-bond acceptors (Lipinski definition) is 4. The van der Waals surface area contributed by atoms with Gasteiger partial charge in [0.25, 0.3) is 0 Å². The largest absolute Gasteiger partial charge is 0.313 e. The Kier molecular flexibility index (Phi) is 7.44. The minimum absolute atomic E-state index is 0.620. The number of nitrogens with one attached hydrogen (secondary N) is 1. The molecule has 1 aromatic carbocycles. The molecule has 1 aliphatic heterocycles. The lowest BCUT2D eigenvalue weighted by Gasteiger charge is -2.32. The molecular formula is C19H23Cl2N3S. The molecule has 1 fully saturated rings. The number of rotatable bonds is 7. The average molecular weight is 396 g/mol. The molecule has 134 valence electrons. The maximum atomic E-state index is 6.10. The summed E-state index contributed by atoms with van der Waals surface area (Å²) >= 11 is 13.9. The molecule has 2 aromatic rings. The summed E-state index contributed by atoms with van der Waals surface area (Å²) in [4.78, 5) is 6.82. The topological polar surface area (TPSA) is 28.2 Å². The Hall–Kier alpha value is -0.780. The molecule has 1 saturated heterocycles. The van der Waals surface area contributed by atoms with E-state index in [9.17, 15) is 0 Å². The third kappa shape index (κ3) is 6.15. The fraction of sp³-hybridized carbons (Fsp3) is 0.421. The molecule has 1 aliphatic rings. The number of hydrogen-bond donors (Lipinski definition) is 1. The quantitative estimate of drug-likeness (QED) is 0.541. The predicted molar refractivity (Wildman–Crippen MR) is 108 cm³/mol.